The van der Waals surface area contributed by atoms with E-state index in [1.807, 2.05) is 0 Å². The van der Waals surface area contributed by atoms with E-state index in [1.165, 1.54) is 27.0 Å². The Labute approximate surface area is 229 Å². The monoisotopic (exact) mass is 556 g/mol. The van der Waals surface area contributed by atoms with Crippen molar-refractivity contribution in [2.75, 3.05) is 27.2 Å². The van der Waals surface area contributed by atoms with E-state index in [-0.39, 0.29) is 53.5 Å². The molecule has 0 bridgehead atoms. The Hall–Kier alpha value is -4.49. The number of rotatable bonds is 13. The Bertz CT molecular complexity index is 1330. The van der Waals surface area contributed by atoms with Crippen LogP contribution in [0.25, 0.3) is 21.7 Å². The Morgan fingerprint density at radius 3 is 1.85 bits per heavy atom. The Kier molecular flexibility index (Phi) is 10.2. The fourth-order valence-corrected chi connectivity index (χ4v) is 4.10. The third-order valence-electron chi connectivity index (χ3n) is 6.23. The number of carboxylic acids is 1. The van der Waals surface area contributed by atoms with Crippen molar-refractivity contribution in [1.82, 2.24) is 21.3 Å². The second kappa shape index (κ2) is 13.5. The van der Waals surface area contributed by atoms with Crippen LogP contribution in [0.4, 0.5) is 9.59 Å². The molecule has 1 aromatic heterocycles. The summed E-state index contributed by atoms with van der Waals surface area (Å²) in [6, 6.07) is 6.78. The SMILES string of the molecule is CN[C@@H](CCNC(=O)Oc1c2ccccc2c(OC(=O)NCC[C@H](NC)C(=O)O)c2oc(C(C)=O)cc12)C(C)=O. The van der Waals surface area contributed by atoms with Gasteiger partial charge in [0.1, 0.15) is 11.8 Å². The molecule has 214 valence electrons. The van der Waals surface area contributed by atoms with Crippen molar-refractivity contribution in [1.29, 1.82) is 0 Å². The lowest BCUT2D eigenvalue weighted by Crippen LogP contribution is -2.38. The Morgan fingerprint density at radius 1 is 0.825 bits per heavy atom. The molecule has 0 fully saturated rings. The van der Waals surface area contributed by atoms with Crippen molar-refractivity contribution in [3.8, 4) is 11.5 Å². The summed E-state index contributed by atoms with van der Waals surface area (Å²) in [7, 11) is 3.15. The summed E-state index contributed by atoms with van der Waals surface area (Å²) >= 11 is 0. The molecule has 2 aromatic carbocycles. The van der Waals surface area contributed by atoms with Gasteiger partial charge in [-0.25, -0.2) is 9.59 Å². The van der Waals surface area contributed by atoms with Crippen molar-refractivity contribution in [2.45, 2.75) is 38.8 Å². The van der Waals surface area contributed by atoms with E-state index in [0.717, 1.165) is 0 Å². The average Bonchev–Trinajstić information content (AvgIpc) is 3.36. The number of aliphatic carboxylic acids is 1. The first-order valence-electron chi connectivity index (χ1n) is 12.6. The molecule has 2 atom stereocenters. The lowest BCUT2D eigenvalue weighted by molar-refractivity contribution is -0.139. The number of furan rings is 1. The van der Waals surface area contributed by atoms with Gasteiger partial charge in [-0.15, -0.1) is 0 Å². The quantitative estimate of drug-likeness (QED) is 0.195. The van der Waals surface area contributed by atoms with Crippen molar-refractivity contribution < 1.29 is 43.0 Å². The van der Waals surface area contributed by atoms with Crippen LogP contribution in [0.2, 0.25) is 0 Å². The summed E-state index contributed by atoms with van der Waals surface area (Å²) < 4.78 is 17.0. The smallest absolute Gasteiger partial charge is 0.412 e. The molecule has 13 nitrogen and oxygen atoms in total. The third kappa shape index (κ3) is 7.12. The van der Waals surface area contributed by atoms with Gasteiger partial charge >= 0.3 is 18.2 Å². The van der Waals surface area contributed by atoms with E-state index in [4.69, 9.17) is 19.0 Å². The molecule has 40 heavy (non-hydrogen) atoms. The zero-order valence-corrected chi connectivity index (χ0v) is 22.6. The van der Waals surface area contributed by atoms with Crippen LogP contribution in [0.3, 0.4) is 0 Å². The molecule has 0 aliphatic heterocycles. The molecule has 3 aromatic rings. The van der Waals surface area contributed by atoms with Crippen LogP contribution in [0.1, 0.15) is 37.2 Å². The fraction of sp³-hybridized carbons (Fsp3) is 0.370. The number of hydrogen-bond acceptors (Lipinski definition) is 10. The molecule has 5 N–H and O–H groups in total. The van der Waals surface area contributed by atoms with Gasteiger partial charge in [-0.05, 0) is 39.9 Å². The second-order valence-corrected chi connectivity index (χ2v) is 8.95. The van der Waals surface area contributed by atoms with Gasteiger partial charge in [0.2, 0.25) is 0 Å². The molecule has 0 saturated heterocycles. The highest BCUT2D eigenvalue weighted by Gasteiger charge is 2.25. The maximum atomic E-state index is 12.7. The first-order chi connectivity index (χ1) is 19.1. The van der Waals surface area contributed by atoms with Crippen LogP contribution in [0.5, 0.6) is 11.5 Å². The van der Waals surface area contributed by atoms with Crippen molar-refractivity contribution in [2.24, 2.45) is 0 Å². The highest BCUT2D eigenvalue weighted by molar-refractivity contribution is 6.12. The zero-order chi connectivity index (χ0) is 29.4. The Balaban J connectivity index is 1.92. The minimum Gasteiger partial charge on any atom is -0.480 e. The molecule has 0 saturated carbocycles. The first-order valence-corrected chi connectivity index (χ1v) is 12.6. The highest BCUT2D eigenvalue weighted by atomic mass is 16.6. The molecule has 13 heteroatoms. The maximum absolute atomic E-state index is 12.7. The van der Waals surface area contributed by atoms with E-state index in [2.05, 4.69) is 21.3 Å². The van der Waals surface area contributed by atoms with Gasteiger partial charge in [0, 0.05) is 30.8 Å². The second-order valence-electron chi connectivity index (χ2n) is 8.95. The van der Waals surface area contributed by atoms with E-state index < -0.39 is 36.0 Å². The number of nitrogens with one attached hydrogen (secondary N) is 4. The van der Waals surface area contributed by atoms with E-state index in [1.54, 1.807) is 31.3 Å². The minimum atomic E-state index is -1.06. The topological polar surface area (TPSA) is 185 Å². The normalized spacial score (nSPS) is 12.5. The van der Waals surface area contributed by atoms with Crippen molar-refractivity contribution >= 4 is 51.5 Å². The van der Waals surface area contributed by atoms with Gasteiger partial charge in [-0.1, -0.05) is 24.3 Å². The lowest BCUT2D eigenvalue weighted by atomic mass is 10.1. The number of benzene rings is 2. The maximum Gasteiger partial charge on any atom is 0.412 e. The van der Waals surface area contributed by atoms with Gasteiger partial charge < -0.3 is 40.3 Å². The molecule has 3 rings (SSSR count). The largest absolute Gasteiger partial charge is 0.480 e. The molecule has 0 unspecified atom stereocenters. The van der Waals surface area contributed by atoms with Crippen LogP contribution < -0.4 is 30.7 Å². The van der Waals surface area contributed by atoms with E-state index in [9.17, 15) is 24.0 Å². The van der Waals surface area contributed by atoms with Gasteiger partial charge in [0.25, 0.3) is 0 Å². The summed E-state index contributed by atoms with van der Waals surface area (Å²) in [4.78, 5) is 60.3. The number of ether oxygens (including phenoxy) is 2. The van der Waals surface area contributed by atoms with Crippen LogP contribution >= 0.6 is 0 Å². The predicted molar refractivity (Wildman–Crippen MR) is 145 cm³/mol. The van der Waals surface area contributed by atoms with Crippen LogP contribution in [0.15, 0.2) is 34.7 Å². The minimum absolute atomic E-state index is 0.00677. The summed E-state index contributed by atoms with van der Waals surface area (Å²) in [5.74, 6) is -1.49. The molecule has 0 aliphatic rings. The van der Waals surface area contributed by atoms with Crippen LogP contribution in [0, 0.1) is 0 Å². The number of Topliss-reactive ketones (excluding diaryl/α,β-unsaturated/α-hetero) is 2. The third-order valence-corrected chi connectivity index (χ3v) is 6.23. The number of fused-ring (bicyclic) bond motifs is 2. The number of amides is 2. The van der Waals surface area contributed by atoms with E-state index in [0.29, 0.717) is 17.2 Å². The number of carboxylic acid groups (broad SMARTS) is 1. The lowest BCUT2D eigenvalue weighted by Gasteiger charge is -2.15. The first kappa shape index (κ1) is 30.1. The Morgan fingerprint density at radius 2 is 1.35 bits per heavy atom. The molecule has 1 heterocycles. The predicted octanol–water partition coefficient (Wildman–Crippen LogP) is 2.60. The molecule has 0 spiro atoms. The standard InChI is InChI=1S/C27H32N4O9/c1-14(32)19(28-3)9-11-30-26(36)39-22-16-7-5-6-8-17(16)23(24-18(22)13-21(38-24)15(2)33)40-27(37)31-12-10-20(29-4)25(34)35/h5-8,13,19-20,28-29H,9-12H2,1-4H3,(H,30,36)(H,31,37)(H,34,35)/t19-,20-/m0/s1. The molecular weight excluding hydrogens is 524 g/mol. The number of ketones is 2. The summed E-state index contributed by atoms with van der Waals surface area (Å²) in [6.45, 7) is 2.92. The van der Waals surface area contributed by atoms with E-state index >= 15 is 0 Å². The molecule has 0 aliphatic carbocycles. The zero-order valence-electron chi connectivity index (χ0n) is 22.6. The number of carbonyl (C=O) groups is 5. The number of hydrogen-bond donors (Lipinski definition) is 5. The van der Waals surface area contributed by atoms with Crippen LogP contribution in [-0.4, -0.2) is 74.1 Å². The molecule has 2 amide bonds. The van der Waals surface area contributed by atoms with Gasteiger partial charge in [0.05, 0.1) is 11.4 Å². The number of carbonyl (C=O) groups excluding carboxylic acids is 4. The highest BCUT2D eigenvalue weighted by Crippen LogP contribution is 2.44. The number of likely N-dealkylation sites (N-methyl/N-ethyl adjacent to an activating group) is 2. The molecule has 0 radical (unpaired) electrons. The van der Waals surface area contributed by atoms with Gasteiger partial charge in [-0.2, -0.15) is 0 Å². The average molecular weight is 557 g/mol. The van der Waals surface area contributed by atoms with Gasteiger partial charge in [-0.3, -0.25) is 14.4 Å². The summed E-state index contributed by atoms with van der Waals surface area (Å²) in [5.41, 5.74) is 0.00677. The summed E-state index contributed by atoms with van der Waals surface area (Å²) in [6.07, 6.45) is -1.21. The fourth-order valence-electron chi connectivity index (χ4n) is 4.10. The van der Waals surface area contributed by atoms with Crippen molar-refractivity contribution in [3.05, 3.63) is 36.1 Å². The van der Waals surface area contributed by atoms with Crippen LogP contribution in [-0.2, 0) is 9.59 Å². The van der Waals surface area contributed by atoms with Gasteiger partial charge in [0.15, 0.2) is 28.6 Å². The summed E-state index contributed by atoms with van der Waals surface area (Å²) in [5, 5.41) is 20.8. The molecular formula is C27H32N4O9. The van der Waals surface area contributed by atoms with Crippen molar-refractivity contribution in [3.63, 3.8) is 0 Å².